The number of para-hydroxylation sites is 1. The fraction of sp³-hybridized carbons (Fsp3) is 0.240. The van der Waals surface area contributed by atoms with Crippen molar-refractivity contribution in [2.24, 2.45) is 18.9 Å². The number of aryl methyl sites for hydroxylation is 1. The second-order valence-corrected chi connectivity index (χ2v) is 8.01. The Morgan fingerprint density at radius 3 is 2.17 bits per heavy atom. The van der Waals surface area contributed by atoms with Gasteiger partial charge in [0.25, 0.3) is 0 Å². The molecule has 2 heterocycles. The Hall–Kier alpha value is -3.47. The molecule has 1 aliphatic heterocycles. The molecule has 5 heteroatoms. The second-order valence-electron chi connectivity index (χ2n) is 8.01. The van der Waals surface area contributed by atoms with E-state index in [2.05, 4.69) is 0 Å². The summed E-state index contributed by atoms with van der Waals surface area (Å²) in [4.78, 5) is 40.4. The third-order valence-electron chi connectivity index (χ3n) is 6.33. The quantitative estimate of drug-likeness (QED) is 0.379. The molecule has 0 saturated carbocycles. The van der Waals surface area contributed by atoms with Crippen LogP contribution >= 0.6 is 0 Å². The van der Waals surface area contributed by atoms with E-state index in [0.29, 0.717) is 18.4 Å². The number of allylic oxidation sites excluding steroid dienone is 2. The summed E-state index contributed by atoms with van der Waals surface area (Å²) in [5.41, 5.74) is 3.24. The molecule has 3 aromatic rings. The van der Waals surface area contributed by atoms with Gasteiger partial charge in [-0.3, -0.25) is 19.3 Å². The number of carbonyl (C=O) groups is 3. The third-order valence-corrected chi connectivity index (χ3v) is 6.33. The molecular formula is C25H22N2O3. The number of benzene rings is 2. The van der Waals surface area contributed by atoms with Gasteiger partial charge in [0.05, 0.1) is 29.6 Å². The maximum Gasteiger partial charge on any atom is 0.233 e. The number of fused-ring (bicyclic) bond motifs is 2. The summed E-state index contributed by atoms with van der Waals surface area (Å²) in [5, 5.41) is 0.835. The maximum atomic E-state index is 13.5. The van der Waals surface area contributed by atoms with Crippen LogP contribution in [0.25, 0.3) is 22.2 Å². The molecule has 1 aliphatic carbocycles. The van der Waals surface area contributed by atoms with Crippen molar-refractivity contribution in [3.63, 3.8) is 0 Å². The van der Waals surface area contributed by atoms with Crippen LogP contribution in [0.2, 0.25) is 0 Å². The molecule has 2 atom stereocenters. The summed E-state index contributed by atoms with van der Waals surface area (Å²) >= 11 is 0. The maximum absolute atomic E-state index is 13.5. The number of likely N-dealkylation sites (tertiary alicyclic amines) is 1. The highest BCUT2D eigenvalue weighted by molar-refractivity contribution is 6.17. The number of rotatable bonds is 4. The van der Waals surface area contributed by atoms with E-state index in [9.17, 15) is 14.4 Å². The number of aromatic nitrogens is 1. The van der Waals surface area contributed by atoms with Gasteiger partial charge in [-0.15, -0.1) is 0 Å². The van der Waals surface area contributed by atoms with E-state index in [1.807, 2.05) is 78.4 Å². The predicted octanol–water partition coefficient (Wildman–Crippen LogP) is 3.98. The first-order valence-electron chi connectivity index (χ1n) is 10.2. The lowest BCUT2D eigenvalue weighted by Gasteiger charge is -2.15. The first-order chi connectivity index (χ1) is 14.6. The van der Waals surface area contributed by atoms with Crippen molar-refractivity contribution >= 4 is 28.5 Å². The van der Waals surface area contributed by atoms with E-state index in [1.165, 1.54) is 4.90 Å². The van der Waals surface area contributed by atoms with Gasteiger partial charge in [-0.25, -0.2) is 0 Å². The van der Waals surface area contributed by atoms with Crippen molar-refractivity contribution in [1.29, 1.82) is 0 Å². The molecule has 1 aromatic heterocycles. The largest absolute Gasteiger partial charge is 0.343 e. The van der Waals surface area contributed by atoms with Crippen LogP contribution in [0.5, 0.6) is 0 Å². The first kappa shape index (κ1) is 18.6. The molecule has 0 radical (unpaired) electrons. The van der Waals surface area contributed by atoms with Gasteiger partial charge in [-0.05, 0) is 24.5 Å². The highest BCUT2D eigenvalue weighted by atomic mass is 16.2. The fourth-order valence-corrected chi connectivity index (χ4v) is 4.86. The molecule has 5 nitrogen and oxygen atoms in total. The summed E-state index contributed by atoms with van der Waals surface area (Å²) in [7, 11) is 1.94. The Balaban J connectivity index is 1.57. The highest BCUT2D eigenvalue weighted by Gasteiger charge is 2.47. The average Bonchev–Trinajstić information content (AvgIpc) is 3.21. The van der Waals surface area contributed by atoms with Crippen molar-refractivity contribution in [3.05, 3.63) is 72.3 Å². The zero-order chi connectivity index (χ0) is 20.8. The van der Waals surface area contributed by atoms with Crippen LogP contribution in [0.1, 0.15) is 23.2 Å². The number of amides is 2. The topological polar surface area (TPSA) is 59.4 Å². The third kappa shape index (κ3) is 2.73. The molecule has 2 amide bonds. The molecule has 2 aliphatic rings. The van der Waals surface area contributed by atoms with Crippen LogP contribution in [0.3, 0.4) is 0 Å². The number of imide groups is 1. The monoisotopic (exact) mass is 398 g/mol. The Labute approximate surface area is 174 Å². The second kappa shape index (κ2) is 7.10. The van der Waals surface area contributed by atoms with Crippen LogP contribution in [0.4, 0.5) is 0 Å². The van der Waals surface area contributed by atoms with E-state index in [4.69, 9.17) is 0 Å². The zero-order valence-electron chi connectivity index (χ0n) is 16.7. The normalized spacial score (nSPS) is 20.8. The van der Waals surface area contributed by atoms with E-state index >= 15 is 0 Å². The molecular weight excluding hydrogens is 376 g/mol. The number of hydrogen-bond donors (Lipinski definition) is 0. The molecule has 150 valence electrons. The first-order valence-corrected chi connectivity index (χ1v) is 10.2. The van der Waals surface area contributed by atoms with Gasteiger partial charge in [0, 0.05) is 18.0 Å². The summed E-state index contributed by atoms with van der Waals surface area (Å²) in [6.07, 6.45) is 5.05. The van der Waals surface area contributed by atoms with Crippen LogP contribution in [-0.4, -0.2) is 33.6 Å². The van der Waals surface area contributed by atoms with Crippen molar-refractivity contribution in [2.75, 3.05) is 6.54 Å². The number of ketones is 1. The number of Topliss-reactive ketones (excluding diaryl/α,β-unsaturated/α-hetero) is 1. The standard InChI is InChI=1S/C25H22N2O3/c1-26-20-14-8-7-13-19(20)22(23(26)16-9-3-2-4-10-16)21(28)15-27-24(29)17-11-5-6-12-18(17)25(27)30/h2-10,13-14,17-18H,11-12,15H2,1H3/t17-,18-/m1/s1. The average molecular weight is 398 g/mol. The minimum Gasteiger partial charge on any atom is -0.343 e. The number of hydrogen-bond acceptors (Lipinski definition) is 3. The smallest absolute Gasteiger partial charge is 0.233 e. The summed E-state index contributed by atoms with van der Waals surface area (Å²) < 4.78 is 2.01. The predicted molar refractivity (Wildman–Crippen MR) is 115 cm³/mol. The summed E-state index contributed by atoms with van der Waals surface area (Å²) in [5.74, 6) is -1.29. The van der Waals surface area contributed by atoms with Gasteiger partial charge in [-0.2, -0.15) is 0 Å². The van der Waals surface area contributed by atoms with Gasteiger partial charge in [0.1, 0.15) is 0 Å². The van der Waals surface area contributed by atoms with Crippen LogP contribution < -0.4 is 0 Å². The lowest BCUT2D eigenvalue weighted by Crippen LogP contribution is -2.36. The molecule has 0 spiro atoms. The van der Waals surface area contributed by atoms with Crippen molar-refractivity contribution in [2.45, 2.75) is 12.8 Å². The molecule has 0 bridgehead atoms. The Kier molecular flexibility index (Phi) is 4.39. The lowest BCUT2D eigenvalue weighted by atomic mass is 9.85. The van der Waals surface area contributed by atoms with Gasteiger partial charge in [0.2, 0.25) is 11.8 Å². The molecule has 0 unspecified atom stereocenters. The van der Waals surface area contributed by atoms with Gasteiger partial charge >= 0.3 is 0 Å². The molecule has 30 heavy (non-hydrogen) atoms. The fourth-order valence-electron chi connectivity index (χ4n) is 4.86. The zero-order valence-corrected chi connectivity index (χ0v) is 16.7. The Bertz CT molecular complexity index is 1180. The molecule has 0 N–H and O–H groups in total. The minimum atomic E-state index is -0.323. The van der Waals surface area contributed by atoms with Crippen LogP contribution in [0.15, 0.2) is 66.7 Å². The van der Waals surface area contributed by atoms with Gasteiger partial charge in [0.15, 0.2) is 5.78 Å². The number of nitrogens with zero attached hydrogens (tertiary/aromatic N) is 2. The Morgan fingerprint density at radius 1 is 0.900 bits per heavy atom. The number of carbonyl (C=O) groups excluding carboxylic acids is 3. The van der Waals surface area contributed by atoms with Gasteiger partial charge < -0.3 is 4.57 Å². The Morgan fingerprint density at radius 2 is 1.50 bits per heavy atom. The summed E-state index contributed by atoms with van der Waals surface area (Å²) in [6.45, 7) is -0.210. The summed E-state index contributed by atoms with van der Waals surface area (Å²) in [6, 6.07) is 17.5. The van der Waals surface area contributed by atoms with Gasteiger partial charge in [-0.1, -0.05) is 60.7 Å². The van der Waals surface area contributed by atoms with E-state index in [0.717, 1.165) is 22.2 Å². The van der Waals surface area contributed by atoms with Crippen molar-refractivity contribution < 1.29 is 14.4 Å². The molecule has 1 fully saturated rings. The molecule has 1 saturated heterocycles. The van der Waals surface area contributed by atoms with Crippen molar-refractivity contribution in [1.82, 2.24) is 9.47 Å². The lowest BCUT2D eigenvalue weighted by molar-refractivity contribution is -0.139. The molecule has 5 rings (SSSR count). The van der Waals surface area contributed by atoms with Crippen LogP contribution in [0, 0.1) is 11.8 Å². The van der Waals surface area contributed by atoms with Crippen molar-refractivity contribution in [3.8, 4) is 11.3 Å². The van der Waals surface area contributed by atoms with E-state index < -0.39 is 0 Å². The minimum absolute atomic E-state index is 0.209. The highest BCUT2D eigenvalue weighted by Crippen LogP contribution is 2.37. The SMILES string of the molecule is Cn1c(-c2ccccc2)c(C(=O)CN2C(=O)[C@@H]3CC=CC[C@H]3C2=O)c2ccccc21. The van der Waals surface area contributed by atoms with E-state index in [1.54, 1.807) is 0 Å². The molecule has 2 aromatic carbocycles. The van der Waals surface area contributed by atoms with E-state index in [-0.39, 0.29) is 36.0 Å². The van der Waals surface area contributed by atoms with Crippen LogP contribution in [-0.2, 0) is 16.6 Å².